The van der Waals surface area contributed by atoms with Gasteiger partial charge in [-0.05, 0) is 55.9 Å². The smallest absolute Gasteiger partial charge is 0.266 e. The molecule has 0 amide bonds. The summed E-state index contributed by atoms with van der Waals surface area (Å²) in [7, 11) is -3.60. The minimum Gasteiger partial charge on any atom is -0.266 e. The highest BCUT2D eigenvalue weighted by atomic mass is 32.2. The Kier molecular flexibility index (Phi) is 4.63. The van der Waals surface area contributed by atoms with E-state index in [1.165, 1.54) is 19.3 Å². The van der Waals surface area contributed by atoms with Crippen LogP contribution in [-0.2, 0) is 14.3 Å². The Bertz CT molecular complexity index is 528. The normalized spacial score (nSPS) is 17.6. The lowest BCUT2D eigenvalue weighted by Gasteiger charge is -2.21. The van der Waals surface area contributed by atoms with Crippen LogP contribution in [0.4, 0.5) is 0 Å². The second-order valence-electron chi connectivity index (χ2n) is 5.49. The SMILES string of the molecule is Cc1ccc(S(=O)(=O)OCC2CCCCC2)cc1C. The molecule has 3 nitrogen and oxygen atoms in total. The summed E-state index contributed by atoms with van der Waals surface area (Å²) in [5, 5.41) is 0. The Morgan fingerprint density at radius 3 is 2.42 bits per heavy atom. The van der Waals surface area contributed by atoms with Crippen LogP contribution in [0.25, 0.3) is 0 Å². The van der Waals surface area contributed by atoms with Gasteiger partial charge in [0.1, 0.15) is 0 Å². The molecule has 4 heteroatoms. The minimum absolute atomic E-state index is 0.270. The van der Waals surface area contributed by atoms with Gasteiger partial charge in [-0.25, -0.2) is 0 Å². The Hall–Kier alpha value is -0.870. The maximum absolute atomic E-state index is 12.1. The molecular formula is C15H22O3S. The van der Waals surface area contributed by atoms with Crippen LogP contribution in [0.5, 0.6) is 0 Å². The first-order valence-electron chi connectivity index (χ1n) is 6.96. The van der Waals surface area contributed by atoms with Crippen LogP contribution in [0.15, 0.2) is 23.1 Å². The molecule has 1 fully saturated rings. The maximum Gasteiger partial charge on any atom is 0.296 e. The van der Waals surface area contributed by atoms with Crippen LogP contribution >= 0.6 is 0 Å². The van der Waals surface area contributed by atoms with Gasteiger partial charge in [0.25, 0.3) is 10.1 Å². The Balaban J connectivity index is 2.02. The van der Waals surface area contributed by atoms with Crippen molar-refractivity contribution in [2.75, 3.05) is 6.61 Å². The van der Waals surface area contributed by atoms with E-state index in [1.807, 2.05) is 19.9 Å². The largest absolute Gasteiger partial charge is 0.296 e. The summed E-state index contributed by atoms with van der Waals surface area (Å²) in [6, 6.07) is 5.14. The third-order valence-corrected chi connectivity index (χ3v) is 5.23. The molecule has 1 aliphatic rings. The van der Waals surface area contributed by atoms with E-state index >= 15 is 0 Å². The van der Waals surface area contributed by atoms with Crippen LogP contribution < -0.4 is 0 Å². The molecule has 0 bridgehead atoms. The fourth-order valence-electron chi connectivity index (χ4n) is 2.48. The number of rotatable bonds is 4. The third-order valence-electron chi connectivity index (χ3n) is 3.95. The molecule has 0 N–H and O–H groups in total. The summed E-state index contributed by atoms with van der Waals surface area (Å²) in [5.74, 6) is 0.398. The lowest BCUT2D eigenvalue weighted by molar-refractivity contribution is 0.214. The van der Waals surface area contributed by atoms with Crippen molar-refractivity contribution in [1.29, 1.82) is 0 Å². The molecule has 2 rings (SSSR count). The predicted molar refractivity (Wildman–Crippen MR) is 75.6 cm³/mol. The number of hydrogen-bond acceptors (Lipinski definition) is 3. The van der Waals surface area contributed by atoms with Crippen LogP contribution in [0.3, 0.4) is 0 Å². The Morgan fingerprint density at radius 2 is 1.79 bits per heavy atom. The molecule has 0 radical (unpaired) electrons. The first-order valence-corrected chi connectivity index (χ1v) is 8.36. The molecule has 1 saturated carbocycles. The molecule has 1 aromatic carbocycles. The van der Waals surface area contributed by atoms with Gasteiger partial charge in [0.2, 0.25) is 0 Å². The van der Waals surface area contributed by atoms with Gasteiger partial charge < -0.3 is 0 Å². The van der Waals surface area contributed by atoms with E-state index in [2.05, 4.69) is 0 Å². The number of aryl methyl sites for hydroxylation is 2. The van der Waals surface area contributed by atoms with E-state index in [0.29, 0.717) is 12.5 Å². The number of hydrogen-bond donors (Lipinski definition) is 0. The average Bonchev–Trinajstić information content (AvgIpc) is 2.41. The summed E-state index contributed by atoms with van der Waals surface area (Å²) in [5.41, 5.74) is 2.06. The van der Waals surface area contributed by atoms with Gasteiger partial charge in [-0.2, -0.15) is 8.42 Å². The quantitative estimate of drug-likeness (QED) is 0.793. The van der Waals surface area contributed by atoms with Gasteiger partial charge in [0, 0.05) is 0 Å². The van der Waals surface area contributed by atoms with E-state index in [4.69, 9.17) is 4.18 Å². The summed E-state index contributed by atoms with van der Waals surface area (Å²) in [6.07, 6.45) is 5.82. The van der Waals surface area contributed by atoms with Crippen molar-refractivity contribution >= 4 is 10.1 Å². The van der Waals surface area contributed by atoms with Crippen LogP contribution in [0.1, 0.15) is 43.2 Å². The average molecular weight is 282 g/mol. The molecular weight excluding hydrogens is 260 g/mol. The van der Waals surface area contributed by atoms with Crippen molar-refractivity contribution in [2.45, 2.75) is 50.8 Å². The van der Waals surface area contributed by atoms with E-state index in [9.17, 15) is 8.42 Å². The molecule has 19 heavy (non-hydrogen) atoms. The van der Waals surface area contributed by atoms with Crippen molar-refractivity contribution < 1.29 is 12.6 Å². The minimum atomic E-state index is -3.60. The van der Waals surface area contributed by atoms with Gasteiger partial charge in [-0.3, -0.25) is 4.18 Å². The fraction of sp³-hybridized carbons (Fsp3) is 0.600. The molecule has 0 saturated heterocycles. The topological polar surface area (TPSA) is 43.4 Å². The summed E-state index contributed by atoms with van der Waals surface area (Å²) < 4.78 is 29.5. The fourth-order valence-corrected chi connectivity index (χ4v) is 3.54. The van der Waals surface area contributed by atoms with Crippen LogP contribution in [-0.4, -0.2) is 15.0 Å². The first kappa shape index (κ1) is 14.5. The Morgan fingerprint density at radius 1 is 1.11 bits per heavy atom. The highest BCUT2D eigenvalue weighted by Crippen LogP contribution is 2.25. The van der Waals surface area contributed by atoms with E-state index in [0.717, 1.165) is 24.0 Å². The van der Waals surface area contributed by atoms with Gasteiger partial charge in [-0.1, -0.05) is 25.3 Å². The molecule has 0 unspecified atom stereocenters. The second kappa shape index (κ2) is 6.06. The molecule has 0 aliphatic heterocycles. The second-order valence-corrected chi connectivity index (χ2v) is 7.10. The summed E-state index contributed by atoms with van der Waals surface area (Å²) >= 11 is 0. The van der Waals surface area contributed by atoms with Gasteiger partial charge in [0.05, 0.1) is 11.5 Å². The standard InChI is InChI=1S/C15H22O3S/c1-12-8-9-15(10-13(12)2)19(16,17)18-11-14-6-4-3-5-7-14/h8-10,14H,3-7,11H2,1-2H3. The monoisotopic (exact) mass is 282 g/mol. The van der Waals surface area contributed by atoms with Gasteiger partial charge in [-0.15, -0.1) is 0 Å². The van der Waals surface area contributed by atoms with E-state index in [1.54, 1.807) is 12.1 Å². The van der Waals surface area contributed by atoms with E-state index in [-0.39, 0.29) is 4.90 Å². The summed E-state index contributed by atoms with van der Waals surface area (Å²) in [4.78, 5) is 0.270. The van der Waals surface area contributed by atoms with Crippen LogP contribution in [0.2, 0.25) is 0 Å². The molecule has 106 valence electrons. The lowest BCUT2D eigenvalue weighted by Crippen LogP contribution is -2.17. The number of benzene rings is 1. The van der Waals surface area contributed by atoms with Crippen molar-refractivity contribution in [3.8, 4) is 0 Å². The van der Waals surface area contributed by atoms with Crippen molar-refractivity contribution in [1.82, 2.24) is 0 Å². The molecule has 0 atom stereocenters. The highest BCUT2D eigenvalue weighted by Gasteiger charge is 2.20. The maximum atomic E-state index is 12.1. The summed E-state index contributed by atoms with van der Waals surface area (Å²) in [6.45, 7) is 4.21. The zero-order valence-electron chi connectivity index (χ0n) is 11.7. The first-order chi connectivity index (χ1) is 8.99. The zero-order valence-corrected chi connectivity index (χ0v) is 12.5. The molecule has 1 aliphatic carbocycles. The molecule has 0 spiro atoms. The highest BCUT2D eigenvalue weighted by molar-refractivity contribution is 7.86. The molecule has 0 aromatic heterocycles. The lowest BCUT2D eigenvalue weighted by atomic mass is 9.90. The van der Waals surface area contributed by atoms with Gasteiger partial charge >= 0.3 is 0 Å². The van der Waals surface area contributed by atoms with Crippen molar-refractivity contribution in [2.24, 2.45) is 5.92 Å². The third kappa shape index (κ3) is 3.80. The van der Waals surface area contributed by atoms with Crippen molar-refractivity contribution in [3.05, 3.63) is 29.3 Å². The molecule has 0 heterocycles. The van der Waals surface area contributed by atoms with Crippen molar-refractivity contribution in [3.63, 3.8) is 0 Å². The van der Waals surface area contributed by atoms with Crippen LogP contribution in [0, 0.1) is 19.8 Å². The van der Waals surface area contributed by atoms with E-state index < -0.39 is 10.1 Å². The zero-order chi connectivity index (χ0) is 13.9. The van der Waals surface area contributed by atoms with Gasteiger partial charge in [0.15, 0.2) is 0 Å². The predicted octanol–water partition coefficient (Wildman–Crippen LogP) is 3.59. The molecule has 1 aromatic rings. The Labute approximate surface area is 116 Å².